The predicted octanol–water partition coefficient (Wildman–Crippen LogP) is 4.85. The summed E-state index contributed by atoms with van der Waals surface area (Å²) in [7, 11) is 0. The highest BCUT2D eigenvalue weighted by Crippen LogP contribution is 2.47. The third-order valence-electron chi connectivity index (χ3n) is 7.79. The van der Waals surface area contributed by atoms with Crippen LogP contribution in [0, 0.1) is 11.7 Å². The van der Waals surface area contributed by atoms with Gasteiger partial charge in [0.15, 0.2) is 0 Å². The van der Waals surface area contributed by atoms with Crippen LogP contribution in [0.2, 0.25) is 0 Å². The Kier molecular flexibility index (Phi) is 6.98. The summed E-state index contributed by atoms with van der Waals surface area (Å²) in [6.45, 7) is 5.81. The minimum absolute atomic E-state index is 0.0191. The number of hydrogen-bond donors (Lipinski definition) is 3. The first-order chi connectivity index (χ1) is 17.9. The van der Waals surface area contributed by atoms with Gasteiger partial charge in [-0.3, -0.25) is 14.5 Å². The summed E-state index contributed by atoms with van der Waals surface area (Å²) >= 11 is 0. The summed E-state index contributed by atoms with van der Waals surface area (Å²) in [5.74, 6) is -0.985. The van der Waals surface area contributed by atoms with Crippen LogP contribution in [0.5, 0.6) is 0 Å². The average molecular weight is 501 g/mol. The van der Waals surface area contributed by atoms with Gasteiger partial charge in [-0.05, 0) is 49.4 Å². The van der Waals surface area contributed by atoms with Crippen molar-refractivity contribution in [2.75, 3.05) is 30.3 Å². The summed E-state index contributed by atoms with van der Waals surface area (Å²) in [6.07, 6.45) is 0.709. The molecule has 0 bridgehead atoms. The smallest absolute Gasteiger partial charge is 0.249 e. The number of nitrogens with one attached hydrogen (secondary N) is 3. The SMILES string of the molecule is CCNc1cc(F)cc2c1NC(=O)[C@]2(C)N1CC[C@@H](c2ccccc2)[C@@H](C(=O)NCc2ccccc2)C1. The van der Waals surface area contributed by atoms with E-state index in [0.717, 1.165) is 11.1 Å². The predicted molar refractivity (Wildman–Crippen MR) is 144 cm³/mol. The third kappa shape index (κ3) is 4.71. The van der Waals surface area contributed by atoms with Crippen molar-refractivity contribution in [1.82, 2.24) is 10.2 Å². The van der Waals surface area contributed by atoms with Crippen LogP contribution in [0.3, 0.4) is 0 Å². The highest BCUT2D eigenvalue weighted by molar-refractivity contribution is 6.08. The lowest BCUT2D eigenvalue weighted by molar-refractivity contribution is -0.134. The zero-order valence-electron chi connectivity index (χ0n) is 21.3. The molecule has 192 valence electrons. The number of carbonyl (C=O) groups is 2. The fourth-order valence-electron chi connectivity index (χ4n) is 5.77. The van der Waals surface area contributed by atoms with E-state index in [-0.39, 0.29) is 23.7 Å². The molecule has 0 spiro atoms. The molecule has 3 aromatic carbocycles. The molecule has 0 radical (unpaired) electrons. The Hall–Kier alpha value is -3.71. The molecule has 7 heteroatoms. The van der Waals surface area contributed by atoms with E-state index in [2.05, 4.69) is 33.0 Å². The number of amides is 2. The minimum Gasteiger partial charge on any atom is -0.384 e. The first kappa shape index (κ1) is 25.0. The molecule has 2 aliphatic heterocycles. The molecule has 0 unspecified atom stereocenters. The van der Waals surface area contributed by atoms with E-state index < -0.39 is 11.4 Å². The Labute approximate surface area is 217 Å². The number of anilines is 2. The number of hydrogen-bond acceptors (Lipinski definition) is 4. The number of likely N-dealkylation sites (tertiary alicyclic amines) is 1. The zero-order chi connectivity index (χ0) is 26.0. The van der Waals surface area contributed by atoms with Crippen molar-refractivity contribution in [3.8, 4) is 0 Å². The Bertz CT molecular complexity index is 1280. The first-order valence-corrected chi connectivity index (χ1v) is 12.9. The molecule has 3 atom stereocenters. The van der Waals surface area contributed by atoms with Crippen LogP contribution in [-0.2, 0) is 21.7 Å². The summed E-state index contributed by atoms with van der Waals surface area (Å²) < 4.78 is 14.7. The van der Waals surface area contributed by atoms with Crippen molar-refractivity contribution < 1.29 is 14.0 Å². The number of carbonyl (C=O) groups excluding carboxylic acids is 2. The van der Waals surface area contributed by atoms with Gasteiger partial charge in [-0.1, -0.05) is 60.7 Å². The van der Waals surface area contributed by atoms with Gasteiger partial charge >= 0.3 is 0 Å². The Morgan fingerprint density at radius 3 is 2.51 bits per heavy atom. The lowest BCUT2D eigenvalue weighted by Crippen LogP contribution is -2.56. The number of rotatable bonds is 7. The molecule has 3 N–H and O–H groups in total. The van der Waals surface area contributed by atoms with Gasteiger partial charge in [-0.2, -0.15) is 0 Å². The molecule has 6 nitrogen and oxygen atoms in total. The van der Waals surface area contributed by atoms with Crippen LogP contribution < -0.4 is 16.0 Å². The average Bonchev–Trinajstić information content (AvgIpc) is 3.19. The Morgan fingerprint density at radius 2 is 1.81 bits per heavy atom. The second kappa shape index (κ2) is 10.3. The second-order valence-corrected chi connectivity index (χ2v) is 9.99. The Morgan fingerprint density at radius 1 is 1.11 bits per heavy atom. The third-order valence-corrected chi connectivity index (χ3v) is 7.79. The highest BCUT2D eigenvalue weighted by Gasteiger charge is 2.51. The van der Waals surface area contributed by atoms with Gasteiger partial charge in [0.25, 0.3) is 0 Å². The van der Waals surface area contributed by atoms with Gasteiger partial charge in [-0.15, -0.1) is 0 Å². The molecule has 2 heterocycles. The number of piperidine rings is 1. The van der Waals surface area contributed by atoms with E-state index >= 15 is 0 Å². The summed E-state index contributed by atoms with van der Waals surface area (Å²) in [5, 5.41) is 9.27. The summed E-state index contributed by atoms with van der Waals surface area (Å²) in [4.78, 5) is 29.1. The van der Waals surface area contributed by atoms with Gasteiger partial charge in [0, 0.05) is 31.7 Å². The highest BCUT2D eigenvalue weighted by atomic mass is 19.1. The van der Waals surface area contributed by atoms with Crippen LogP contribution in [0.25, 0.3) is 0 Å². The largest absolute Gasteiger partial charge is 0.384 e. The van der Waals surface area contributed by atoms with E-state index in [1.54, 1.807) is 0 Å². The van der Waals surface area contributed by atoms with E-state index in [4.69, 9.17) is 0 Å². The lowest BCUT2D eigenvalue weighted by atomic mass is 9.77. The Balaban J connectivity index is 1.46. The molecule has 5 rings (SSSR count). The normalized spacial score (nSPS) is 23.3. The van der Waals surface area contributed by atoms with Crippen molar-refractivity contribution >= 4 is 23.2 Å². The molecule has 3 aromatic rings. The standard InChI is InChI=1S/C30H33FN4O2/c1-3-32-26-17-22(31)16-25-27(26)34-29(37)30(25,2)35-15-14-23(21-12-8-5-9-13-21)24(19-35)28(36)33-18-20-10-6-4-7-11-20/h4-13,16-17,23-24,32H,3,14-15,18-19H2,1-2H3,(H,33,36)(H,34,37)/t23-,24-,30+/m0/s1. The first-order valence-electron chi connectivity index (χ1n) is 12.9. The van der Waals surface area contributed by atoms with Gasteiger partial charge in [0.1, 0.15) is 11.4 Å². The van der Waals surface area contributed by atoms with Crippen LogP contribution in [0.4, 0.5) is 15.8 Å². The second-order valence-electron chi connectivity index (χ2n) is 9.99. The van der Waals surface area contributed by atoms with Gasteiger partial charge in [0.2, 0.25) is 11.8 Å². The van der Waals surface area contributed by atoms with Gasteiger partial charge in [0.05, 0.1) is 17.3 Å². The van der Waals surface area contributed by atoms with E-state index in [1.807, 2.05) is 62.4 Å². The van der Waals surface area contributed by atoms with Crippen molar-refractivity contribution in [3.63, 3.8) is 0 Å². The maximum absolute atomic E-state index is 14.7. The van der Waals surface area contributed by atoms with Crippen molar-refractivity contribution in [1.29, 1.82) is 0 Å². The number of halogens is 1. The number of nitrogens with zero attached hydrogens (tertiary/aromatic N) is 1. The molecule has 1 saturated heterocycles. The van der Waals surface area contributed by atoms with Crippen LogP contribution >= 0.6 is 0 Å². The summed E-state index contributed by atoms with van der Waals surface area (Å²) in [5.41, 5.74) is 2.86. The fourth-order valence-corrected chi connectivity index (χ4v) is 5.77. The molecule has 0 saturated carbocycles. The monoisotopic (exact) mass is 500 g/mol. The molecular formula is C30H33FN4O2. The topological polar surface area (TPSA) is 73.5 Å². The maximum atomic E-state index is 14.7. The van der Waals surface area contributed by atoms with Crippen molar-refractivity contribution in [2.24, 2.45) is 5.92 Å². The molecule has 37 heavy (non-hydrogen) atoms. The molecule has 0 aliphatic carbocycles. The fraction of sp³-hybridized carbons (Fsp3) is 0.333. The van der Waals surface area contributed by atoms with Gasteiger partial charge in [-0.25, -0.2) is 4.39 Å². The van der Waals surface area contributed by atoms with Crippen LogP contribution in [0.15, 0.2) is 72.8 Å². The van der Waals surface area contributed by atoms with E-state index in [0.29, 0.717) is 49.5 Å². The van der Waals surface area contributed by atoms with Crippen LogP contribution in [-0.4, -0.2) is 36.3 Å². The molecule has 2 aliphatic rings. The van der Waals surface area contributed by atoms with Crippen molar-refractivity contribution in [2.45, 2.75) is 38.3 Å². The zero-order valence-corrected chi connectivity index (χ0v) is 21.3. The van der Waals surface area contributed by atoms with Crippen molar-refractivity contribution in [3.05, 3.63) is 95.3 Å². The molecule has 0 aromatic heterocycles. The summed E-state index contributed by atoms with van der Waals surface area (Å²) in [6, 6.07) is 22.8. The maximum Gasteiger partial charge on any atom is 0.249 e. The van der Waals surface area contributed by atoms with E-state index in [1.165, 1.54) is 12.1 Å². The number of benzene rings is 3. The minimum atomic E-state index is -1.08. The quantitative estimate of drug-likeness (QED) is 0.434. The van der Waals surface area contributed by atoms with Crippen LogP contribution in [0.1, 0.15) is 42.9 Å². The molecule has 1 fully saturated rings. The number of fused-ring (bicyclic) bond motifs is 1. The molecule has 2 amide bonds. The van der Waals surface area contributed by atoms with E-state index in [9.17, 15) is 14.0 Å². The van der Waals surface area contributed by atoms with Gasteiger partial charge < -0.3 is 16.0 Å². The molecular weight excluding hydrogens is 467 g/mol. The lowest BCUT2D eigenvalue weighted by Gasteiger charge is -2.45.